The average molecular weight is 270 g/mol. The second-order valence-corrected chi connectivity index (χ2v) is 6.18. The van der Waals surface area contributed by atoms with Gasteiger partial charge in [0.25, 0.3) is 0 Å². The van der Waals surface area contributed by atoms with E-state index in [1.165, 1.54) is 6.42 Å². The van der Waals surface area contributed by atoms with Crippen LogP contribution in [0, 0.1) is 0 Å². The zero-order valence-corrected chi connectivity index (χ0v) is 12.3. The standard InChI is InChI=1S/C14H26N2O3/c1-14(2,3)16(10-7-13(18)19)11-12(17)15-8-5-4-6-9-15/h4-11H2,1-3H3,(H,18,19). The highest BCUT2D eigenvalue weighted by atomic mass is 16.4. The van der Waals surface area contributed by atoms with E-state index in [1.54, 1.807) is 0 Å². The van der Waals surface area contributed by atoms with E-state index >= 15 is 0 Å². The van der Waals surface area contributed by atoms with Crippen molar-refractivity contribution >= 4 is 11.9 Å². The Morgan fingerprint density at radius 2 is 1.74 bits per heavy atom. The van der Waals surface area contributed by atoms with Gasteiger partial charge in [0, 0.05) is 25.2 Å². The van der Waals surface area contributed by atoms with E-state index in [2.05, 4.69) is 0 Å². The number of carbonyl (C=O) groups is 2. The van der Waals surface area contributed by atoms with Gasteiger partial charge in [0.2, 0.25) is 5.91 Å². The highest BCUT2D eigenvalue weighted by Crippen LogP contribution is 2.15. The number of rotatable bonds is 5. The Labute approximate surface area is 115 Å². The third kappa shape index (κ3) is 5.59. The number of amides is 1. The van der Waals surface area contributed by atoms with Crippen LogP contribution in [-0.2, 0) is 9.59 Å². The maximum absolute atomic E-state index is 12.2. The average Bonchev–Trinajstić information content (AvgIpc) is 2.33. The second-order valence-electron chi connectivity index (χ2n) is 6.18. The SMILES string of the molecule is CC(C)(C)N(CCC(=O)O)CC(=O)N1CCCCC1. The predicted octanol–water partition coefficient (Wildman–Crippen LogP) is 1.57. The van der Waals surface area contributed by atoms with Crippen LogP contribution >= 0.6 is 0 Å². The first-order chi connectivity index (χ1) is 8.80. The summed E-state index contributed by atoms with van der Waals surface area (Å²) in [6, 6.07) is 0. The first-order valence-electron chi connectivity index (χ1n) is 7.05. The number of aliphatic carboxylic acids is 1. The summed E-state index contributed by atoms with van der Waals surface area (Å²) in [5.74, 6) is -0.695. The van der Waals surface area contributed by atoms with E-state index in [-0.39, 0.29) is 17.9 Å². The number of hydrogen-bond donors (Lipinski definition) is 1. The summed E-state index contributed by atoms with van der Waals surface area (Å²) in [6.45, 7) is 8.45. The van der Waals surface area contributed by atoms with Gasteiger partial charge in [-0.15, -0.1) is 0 Å². The van der Waals surface area contributed by atoms with Crippen LogP contribution in [0.4, 0.5) is 0 Å². The molecular formula is C14H26N2O3. The van der Waals surface area contributed by atoms with Crippen LogP contribution in [0.15, 0.2) is 0 Å². The number of carboxylic acids is 1. The molecule has 0 aromatic heterocycles. The fraction of sp³-hybridized carbons (Fsp3) is 0.857. The molecule has 1 amide bonds. The lowest BCUT2D eigenvalue weighted by molar-refractivity contribution is -0.139. The van der Waals surface area contributed by atoms with Crippen molar-refractivity contribution in [3.8, 4) is 0 Å². The zero-order chi connectivity index (χ0) is 14.5. The molecule has 0 atom stereocenters. The van der Waals surface area contributed by atoms with Crippen LogP contribution in [0.3, 0.4) is 0 Å². The lowest BCUT2D eigenvalue weighted by Gasteiger charge is -2.37. The topological polar surface area (TPSA) is 60.9 Å². The summed E-state index contributed by atoms with van der Waals surface area (Å²) >= 11 is 0. The number of hydrogen-bond acceptors (Lipinski definition) is 3. The van der Waals surface area contributed by atoms with E-state index in [0.717, 1.165) is 25.9 Å². The maximum Gasteiger partial charge on any atom is 0.304 e. The van der Waals surface area contributed by atoms with Crippen LogP contribution in [0.5, 0.6) is 0 Å². The molecule has 110 valence electrons. The van der Waals surface area contributed by atoms with Crippen molar-refractivity contribution in [2.75, 3.05) is 26.2 Å². The van der Waals surface area contributed by atoms with Crippen LogP contribution in [0.2, 0.25) is 0 Å². The van der Waals surface area contributed by atoms with Gasteiger partial charge in [-0.1, -0.05) is 0 Å². The summed E-state index contributed by atoms with van der Waals surface area (Å²) in [5, 5.41) is 8.79. The number of nitrogens with zero attached hydrogens (tertiary/aromatic N) is 2. The van der Waals surface area contributed by atoms with Gasteiger partial charge in [0.15, 0.2) is 0 Å². The van der Waals surface area contributed by atoms with E-state index in [0.29, 0.717) is 13.1 Å². The van der Waals surface area contributed by atoms with Gasteiger partial charge < -0.3 is 10.0 Å². The molecule has 0 aromatic carbocycles. The van der Waals surface area contributed by atoms with Gasteiger partial charge in [0.1, 0.15) is 0 Å². The van der Waals surface area contributed by atoms with Gasteiger partial charge in [-0.25, -0.2) is 0 Å². The fourth-order valence-electron chi connectivity index (χ4n) is 2.29. The lowest BCUT2D eigenvalue weighted by Crippen LogP contribution is -2.49. The molecule has 0 spiro atoms. The molecular weight excluding hydrogens is 244 g/mol. The summed E-state index contributed by atoms with van der Waals surface area (Å²) < 4.78 is 0. The molecule has 1 heterocycles. The van der Waals surface area contributed by atoms with Gasteiger partial charge in [-0.3, -0.25) is 14.5 Å². The normalized spacial score (nSPS) is 16.7. The first-order valence-corrected chi connectivity index (χ1v) is 7.05. The third-order valence-electron chi connectivity index (χ3n) is 3.58. The van der Waals surface area contributed by atoms with Gasteiger partial charge in [0.05, 0.1) is 13.0 Å². The van der Waals surface area contributed by atoms with Crippen LogP contribution in [0.1, 0.15) is 46.5 Å². The Hall–Kier alpha value is -1.10. The minimum Gasteiger partial charge on any atom is -0.481 e. The van der Waals surface area contributed by atoms with Gasteiger partial charge in [-0.2, -0.15) is 0 Å². The monoisotopic (exact) mass is 270 g/mol. The van der Waals surface area contributed by atoms with Crippen LogP contribution in [-0.4, -0.2) is 58.5 Å². The molecule has 1 N–H and O–H groups in total. The van der Waals surface area contributed by atoms with E-state index in [1.807, 2.05) is 30.6 Å². The molecule has 19 heavy (non-hydrogen) atoms. The Balaban J connectivity index is 2.55. The van der Waals surface area contributed by atoms with E-state index in [9.17, 15) is 9.59 Å². The number of likely N-dealkylation sites (tertiary alicyclic amines) is 1. The summed E-state index contributed by atoms with van der Waals surface area (Å²) in [5.41, 5.74) is -0.194. The summed E-state index contributed by atoms with van der Waals surface area (Å²) in [4.78, 5) is 26.8. The molecule has 0 bridgehead atoms. The van der Waals surface area contributed by atoms with Crippen LogP contribution in [0.25, 0.3) is 0 Å². The number of piperidine rings is 1. The molecule has 0 unspecified atom stereocenters. The zero-order valence-electron chi connectivity index (χ0n) is 12.3. The fourth-order valence-corrected chi connectivity index (χ4v) is 2.29. The van der Waals surface area contributed by atoms with Crippen molar-refractivity contribution in [3.05, 3.63) is 0 Å². The molecule has 0 aromatic rings. The van der Waals surface area contributed by atoms with E-state index in [4.69, 9.17) is 5.11 Å². The molecule has 5 nitrogen and oxygen atoms in total. The predicted molar refractivity (Wildman–Crippen MR) is 74.0 cm³/mol. The lowest BCUT2D eigenvalue weighted by atomic mass is 10.1. The minimum absolute atomic E-state index is 0.0740. The highest BCUT2D eigenvalue weighted by molar-refractivity contribution is 5.78. The quantitative estimate of drug-likeness (QED) is 0.824. The molecule has 1 rings (SSSR count). The van der Waals surface area contributed by atoms with Crippen molar-refractivity contribution < 1.29 is 14.7 Å². The van der Waals surface area contributed by atoms with E-state index < -0.39 is 5.97 Å². The molecule has 5 heteroatoms. The second kappa shape index (κ2) is 6.89. The number of carbonyl (C=O) groups excluding carboxylic acids is 1. The Bertz CT molecular complexity index is 317. The Morgan fingerprint density at radius 3 is 2.21 bits per heavy atom. The Morgan fingerprint density at radius 1 is 1.16 bits per heavy atom. The minimum atomic E-state index is -0.820. The molecule has 1 aliphatic rings. The largest absolute Gasteiger partial charge is 0.481 e. The smallest absolute Gasteiger partial charge is 0.304 e. The summed E-state index contributed by atoms with van der Waals surface area (Å²) in [7, 11) is 0. The summed E-state index contributed by atoms with van der Waals surface area (Å²) in [6.07, 6.45) is 3.43. The van der Waals surface area contributed by atoms with Crippen molar-refractivity contribution in [3.63, 3.8) is 0 Å². The maximum atomic E-state index is 12.2. The molecule has 1 aliphatic heterocycles. The highest BCUT2D eigenvalue weighted by Gasteiger charge is 2.26. The van der Waals surface area contributed by atoms with Crippen molar-refractivity contribution in [1.82, 2.24) is 9.80 Å². The first kappa shape index (κ1) is 16.0. The van der Waals surface area contributed by atoms with Crippen molar-refractivity contribution in [1.29, 1.82) is 0 Å². The van der Waals surface area contributed by atoms with Gasteiger partial charge in [-0.05, 0) is 40.0 Å². The molecule has 1 fully saturated rings. The Kier molecular flexibility index (Phi) is 5.79. The third-order valence-corrected chi connectivity index (χ3v) is 3.58. The number of carboxylic acid groups (broad SMARTS) is 1. The van der Waals surface area contributed by atoms with Gasteiger partial charge >= 0.3 is 5.97 Å². The van der Waals surface area contributed by atoms with Crippen LogP contribution < -0.4 is 0 Å². The molecule has 1 saturated heterocycles. The molecule has 0 saturated carbocycles. The molecule has 0 radical (unpaired) electrons. The van der Waals surface area contributed by atoms with Crippen molar-refractivity contribution in [2.24, 2.45) is 0 Å². The molecule has 0 aliphatic carbocycles. The van der Waals surface area contributed by atoms with Crippen molar-refractivity contribution in [2.45, 2.75) is 52.0 Å².